The maximum absolute atomic E-state index is 12.7. The minimum Gasteiger partial charge on any atom is -0.496 e. The summed E-state index contributed by atoms with van der Waals surface area (Å²) in [5.41, 5.74) is 5.23. The Hall–Kier alpha value is -3.12. The first-order valence-electron chi connectivity index (χ1n) is 10.6. The number of hydrogen-bond acceptors (Lipinski definition) is 5. The molecule has 0 saturated carbocycles. The summed E-state index contributed by atoms with van der Waals surface area (Å²) in [7, 11) is 1.66. The molecule has 31 heavy (non-hydrogen) atoms. The summed E-state index contributed by atoms with van der Waals surface area (Å²) in [4.78, 5) is 21.5. The molecule has 0 unspecified atom stereocenters. The SMILES string of the molecule is COc1ccc(-c2nc(CN3CCN(Cc4ccc(C)cc4)C(=O)C3)c(C)o2)cc1C. The van der Waals surface area contributed by atoms with E-state index in [0.29, 0.717) is 32.1 Å². The molecule has 0 spiro atoms. The van der Waals surface area contributed by atoms with Crippen LogP contribution in [-0.2, 0) is 17.9 Å². The molecule has 4 rings (SSSR count). The smallest absolute Gasteiger partial charge is 0.237 e. The second-order valence-corrected chi connectivity index (χ2v) is 8.22. The van der Waals surface area contributed by atoms with Gasteiger partial charge < -0.3 is 14.1 Å². The molecule has 3 aromatic rings. The van der Waals surface area contributed by atoms with Crippen LogP contribution in [0.2, 0.25) is 0 Å². The van der Waals surface area contributed by atoms with E-state index in [1.165, 1.54) is 11.1 Å². The molecule has 1 fully saturated rings. The van der Waals surface area contributed by atoms with Crippen LogP contribution >= 0.6 is 0 Å². The van der Waals surface area contributed by atoms with Crippen molar-refractivity contribution in [2.24, 2.45) is 0 Å². The van der Waals surface area contributed by atoms with Gasteiger partial charge in [-0.2, -0.15) is 0 Å². The van der Waals surface area contributed by atoms with Crippen LogP contribution < -0.4 is 4.74 Å². The molecular weight excluding hydrogens is 390 g/mol. The summed E-state index contributed by atoms with van der Waals surface area (Å²) in [6.45, 7) is 9.20. The van der Waals surface area contributed by atoms with Gasteiger partial charge in [0, 0.05) is 31.7 Å². The summed E-state index contributed by atoms with van der Waals surface area (Å²) < 4.78 is 11.3. The molecule has 1 aliphatic rings. The van der Waals surface area contributed by atoms with Crippen LogP contribution in [-0.4, -0.2) is 47.4 Å². The van der Waals surface area contributed by atoms with E-state index in [0.717, 1.165) is 34.9 Å². The molecule has 1 aromatic heterocycles. The number of oxazole rings is 1. The van der Waals surface area contributed by atoms with Crippen LogP contribution in [0.25, 0.3) is 11.5 Å². The molecule has 0 radical (unpaired) electrons. The Labute approximate surface area is 183 Å². The van der Waals surface area contributed by atoms with Crippen LogP contribution in [0, 0.1) is 20.8 Å². The molecule has 0 aliphatic carbocycles. The van der Waals surface area contributed by atoms with Crippen molar-refractivity contribution < 1.29 is 13.9 Å². The zero-order valence-electron chi connectivity index (χ0n) is 18.6. The molecule has 2 heterocycles. The minimum atomic E-state index is 0.152. The highest BCUT2D eigenvalue weighted by Gasteiger charge is 2.25. The van der Waals surface area contributed by atoms with Gasteiger partial charge >= 0.3 is 0 Å². The van der Waals surface area contributed by atoms with Crippen molar-refractivity contribution in [3.8, 4) is 17.2 Å². The van der Waals surface area contributed by atoms with Crippen LogP contribution in [0.5, 0.6) is 5.75 Å². The Morgan fingerprint density at radius 1 is 1.03 bits per heavy atom. The summed E-state index contributed by atoms with van der Waals surface area (Å²) >= 11 is 0. The van der Waals surface area contributed by atoms with Gasteiger partial charge in [-0.05, 0) is 50.1 Å². The Kier molecular flexibility index (Phi) is 6.09. The Balaban J connectivity index is 1.39. The normalized spacial score (nSPS) is 14.8. The lowest BCUT2D eigenvalue weighted by Gasteiger charge is -2.34. The largest absolute Gasteiger partial charge is 0.496 e. The minimum absolute atomic E-state index is 0.152. The van der Waals surface area contributed by atoms with E-state index in [4.69, 9.17) is 14.1 Å². The highest BCUT2D eigenvalue weighted by atomic mass is 16.5. The van der Waals surface area contributed by atoms with E-state index < -0.39 is 0 Å². The number of carbonyl (C=O) groups is 1. The van der Waals surface area contributed by atoms with E-state index in [1.54, 1.807) is 7.11 Å². The molecule has 162 valence electrons. The molecule has 6 nitrogen and oxygen atoms in total. The average Bonchev–Trinajstić information content (AvgIpc) is 3.12. The topological polar surface area (TPSA) is 58.8 Å². The second kappa shape index (κ2) is 8.94. The van der Waals surface area contributed by atoms with Gasteiger partial charge in [-0.15, -0.1) is 0 Å². The van der Waals surface area contributed by atoms with Gasteiger partial charge in [-0.3, -0.25) is 9.69 Å². The van der Waals surface area contributed by atoms with Gasteiger partial charge in [0.25, 0.3) is 0 Å². The first-order chi connectivity index (χ1) is 14.9. The number of hydrogen-bond donors (Lipinski definition) is 0. The maximum atomic E-state index is 12.7. The lowest BCUT2D eigenvalue weighted by molar-refractivity contribution is -0.136. The summed E-state index contributed by atoms with van der Waals surface area (Å²) in [6.07, 6.45) is 0. The molecule has 0 bridgehead atoms. The lowest BCUT2D eigenvalue weighted by Crippen LogP contribution is -2.49. The van der Waals surface area contributed by atoms with Crippen molar-refractivity contribution in [1.82, 2.24) is 14.8 Å². The van der Waals surface area contributed by atoms with Crippen LogP contribution in [0.1, 0.15) is 28.1 Å². The third-order valence-corrected chi connectivity index (χ3v) is 5.80. The molecule has 0 N–H and O–H groups in total. The van der Waals surface area contributed by atoms with Crippen LogP contribution in [0.3, 0.4) is 0 Å². The van der Waals surface area contributed by atoms with Gasteiger partial charge in [0.2, 0.25) is 11.8 Å². The monoisotopic (exact) mass is 419 g/mol. The predicted octanol–water partition coefficient (Wildman–Crippen LogP) is 4.12. The summed E-state index contributed by atoms with van der Waals surface area (Å²) in [5.74, 6) is 2.38. The highest BCUT2D eigenvalue weighted by Crippen LogP contribution is 2.27. The number of ether oxygens (including phenoxy) is 1. The molecule has 6 heteroatoms. The van der Waals surface area contributed by atoms with E-state index in [-0.39, 0.29) is 5.91 Å². The Bertz CT molecular complexity index is 1070. The lowest BCUT2D eigenvalue weighted by atomic mass is 10.1. The standard InChI is InChI=1S/C25H29N3O3/c1-17-5-7-20(8-6-17)14-28-12-11-27(16-24(28)29)15-22-19(3)31-25(26-22)21-9-10-23(30-4)18(2)13-21/h5-10,13H,11-12,14-16H2,1-4H3. The van der Waals surface area contributed by atoms with E-state index in [9.17, 15) is 4.79 Å². The third kappa shape index (κ3) is 4.80. The molecule has 1 amide bonds. The van der Waals surface area contributed by atoms with Gasteiger partial charge in [0.15, 0.2) is 0 Å². The van der Waals surface area contributed by atoms with E-state index in [1.807, 2.05) is 36.9 Å². The zero-order chi connectivity index (χ0) is 22.0. The quantitative estimate of drug-likeness (QED) is 0.602. The van der Waals surface area contributed by atoms with Crippen molar-refractivity contribution >= 4 is 5.91 Å². The fourth-order valence-electron chi connectivity index (χ4n) is 3.89. The van der Waals surface area contributed by atoms with Gasteiger partial charge in [-0.25, -0.2) is 4.98 Å². The number of carbonyl (C=O) groups excluding carboxylic acids is 1. The summed E-state index contributed by atoms with van der Waals surface area (Å²) in [6, 6.07) is 14.3. The number of aromatic nitrogens is 1. The van der Waals surface area contributed by atoms with Crippen molar-refractivity contribution in [3.63, 3.8) is 0 Å². The summed E-state index contributed by atoms with van der Waals surface area (Å²) in [5, 5.41) is 0. The number of benzene rings is 2. The van der Waals surface area contributed by atoms with Gasteiger partial charge in [0.1, 0.15) is 11.5 Å². The number of nitrogens with zero attached hydrogens (tertiary/aromatic N) is 3. The predicted molar refractivity (Wildman–Crippen MR) is 120 cm³/mol. The number of rotatable bonds is 6. The third-order valence-electron chi connectivity index (χ3n) is 5.80. The first-order valence-corrected chi connectivity index (χ1v) is 10.6. The highest BCUT2D eigenvalue weighted by molar-refractivity contribution is 5.79. The fourth-order valence-corrected chi connectivity index (χ4v) is 3.89. The van der Waals surface area contributed by atoms with Crippen molar-refractivity contribution in [2.45, 2.75) is 33.9 Å². The second-order valence-electron chi connectivity index (χ2n) is 8.22. The van der Waals surface area contributed by atoms with Gasteiger partial charge in [-0.1, -0.05) is 29.8 Å². The molecular formula is C25H29N3O3. The van der Waals surface area contributed by atoms with Crippen molar-refractivity contribution in [3.05, 3.63) is 70.6 Å². The van der Waals surface area contributed by atoms with Crippen LogP contribution in [0.15, 0.2) is 46.9 Å². The van der Waals surface area contributed by atoms with Crippen molar-refractivity contribution in [1.29, 1.82) is 0 Å². The average molecular weight is 420 g/mol. The van der Waals surface area contributed by atoms with E-state index >= 15 is 0 Å². The fraction of sp³-hybridized carbons (Fsp3) is 0.360. The molecule has 2 aromatic carbocycles. The number of piperazine rings is 1. The number of amides is 1. The molecule has 1 aliphatic heterocycles. The number of aryl methyl sites for hydroxylation is 3. The van der Waals surface area contributed by atoms with E-state index in [2.05, 4.69) is 36.1 Å². The molecule has 0 atom stereocenters. The number of methoxy groups -OCH3 is 1. The first kappa shape index (κ1) is 21.1. The Morgan fingerprint density at radius 2 is 1.81 bits per heavy atom. The zero-order valence-corrected chi connectivity index (χ0v) is 18.6. The molecule has 1 saturated heterocycles. The maximum Gasteiger partial charge on any atom is 0.237 e. The Morgan fingerprint density at radius 3 is 2.48 bits per heavy atom. The van der Waals surface area contributed by atoms with Crippen LogP contribution in [0.4, 0.5) is 0 Å². The van der Waals surface area contributed by atoms with Gasteiger partial charge in [0.05, 0.1) is 19.3 Å². The van der Waals surface area contributed by atoms with Crippen molar-refractivity contribution in [2.75, 3.05) is 26.7 Å².